The summed E-state index contributed by atoms with van der Waals surface area (Å²) in [5.41, 5.74) is -0.314. The number of amides is 1. The quantitative estimate of drug-likeness (QED) is 0.449. The first-order valence-electron chi connectivity index (χ1n) is 7.61. The van der Waals surface area contributed by atoms with E-state index in [4.69, 9.17) is 16.1 Å². The molecule has 0 saturated carbocycles. The lowest BCUT2D eigenvalue weighted by Crippen LogP contribution is -2.15. The van der Waals surface area contributed by atoms with Crippen LogP contribution in [-0.2, 0) is 11.0 Å². The fourth-order valence-electron chi connectivity index (χ4n) is 2.09. The Bertz CT molecular complexity index is 996. The Kier molecular flexibility index (Phi) is 6.31. The van der Waals surface area contributed by atoms with Crippen LogP contribution in [0.5, 0.6) is 0 Å². The maximum absolute atomic E-state index is 12.8. The number of aromatic nitrogens is 2. The second-order valence-electron chi connectivity index (χ2n) is 5.42. The van der Waals surface area contributed by atoms with Crippen molar-refractivity contribution >= 4 is 50.9 Å². The van der Waals surface area contributed by atoms with E-state index in [1.54, 1.807) is 12.1 Å². The van der Waals surface area contributed by atoms with E-state index in [1.807, 2.05) is 12.1 Å². The highest BCUT2D eigenvalue weighted by atomic mass is 79.9. The largest absolute Gasteiger partial charge is 0.416 e. The van der Waals surface area contributed by atoms with Gasteiger partial charge in [-0.25, -0.2) is 0 Å². The summed E-state index contributed by atoms with van der Waals surface area (Å²) in [4.78, 5) is 16.2. The van der Waals surface area contributed by atoms with Gasteiger partial charge in [0.25, 0.3) is 5.89 Å². The van der Waals surface area contributed by atoms with Gasteiger partial charge in [0.1, 0.15) is 0 Å². The number of thioether (sulfide) groups is 1. The van der Waals surface area contributed by atoms with E-state index in [-0.39, 0.29) is 27.5 Å². The van der Waals surface area contributed by atoms with Crippen molar-refractivity contribution in [2.45, 2.75) is 11.3 Å². The molecule has 5 nitrogen and oxygen atoms in total. The Morgan fingerprint density at radius 2 is 1.93 bits per heavy atom. The number of anilines is 1. The van der Waals surface area contributed by atoms with Gasteiger partial charge in [0, 0.05) is 10.0 Å². The van der Waals surface area contributed by atoms with Gasteiger partial charge in [-0.1, -0.05) is 39.3 Å². The van der Waals surface area contributed by atoms with Crippen LogP contribution in [0.2, 0.25) is 5.02 Å². The molecular formula is C17H10BrClF3N3O2S. The van der Waals surface area contributed by atoms with E-state index in [0.717, 1.165) is 34.4 Å². The Hall–Kier alpha value is -2.04. The van der Waals surface area contributed by atoms with Crippen LogP contribution in [0.3, 0.4) is 0 Å². The molecule has 146 valence electrons. The number of carbonyl (C=O) groups excluding carboxylic acids is 1. The first-order valence-corrected chi connectivity index (χ1v) is 9.77. The molecule has 1 N–H and O–H groups in total. The van der Waals surface area contributed by atoms with Crippen LogP contribution in [0.1, 0.15) is 5.56 Å². The monoisotopic (exact) mass is 491 g/mol. The Morgan fingerprint density at radius 1 is 1.21 bits per heavy atom. The molecule has 1 heterocycles. The van der Waals surface area contributed by atoms with E-state index in [1.165, 1.54) is 0 Å². The number of hydrogen-bond donors (Lipinski definition) is 1. The summed E-state index contributed by atoms with van der Waals surface area (Å²) < 4.78 is 44.4. The normalized spacial score (nSPS) is 11.5. The van der Waals surface area contributed by atoms with Gasteiger partial charge in [-0.2, -0.15) is 18.2 Å². The standard InChI is InChI=1S/C17H10BrClF3N3O2S/c18-11-4-1-9(2-5-11)15-24-16(25-27-15)28-8-14(26)23-13-7-10(17(20,21)22)3-6-12(13)19/h1-7H,8H2,(H,23,26). The molecule has 3 aromatic rings. The van der Waals surface area contributed by atoms with Gasteiger partial charge in [0.05, 0.1) is 22.0 Å². The summed E-state index contributed by atoms with van der Waals surface area (Å²) in [6.45, 7) is 0. The predicted molar refractivity (Wildman–Crippen MR) is 103 cm³/mol. The molecule has 0 spiro atoms. The summed E-state index contributed by atoms with van der Waals surface area (Å²) in [7, 11) is 0. The molecule has 0 aliphatic heterocycles. The molecule has 11 heteroatoms. The topological polar surface area (TPSA) is 68.0 Å². The minimum atomic E-state index is -4.53. The van der Waals surface area contributed by atoms with Gasteiger partial charge in [0.2, 0.25) is 11.1 Å². The van der Waals surface area contributed by atoms with Crippen molar-refractivity contribution < 1.29 is 22.5 Å². The molecule has 28 heavy (non-hydrogen) atoms. The van der Waals surface area contributed by atoms with Crippen molar-refractivity contribution in [3.05, 3.63) is 57.5 Å². The maximum Gasteiger partial charge on any atom is 0.416 e. The third-order valence-electron chi connectivity index (χ3n) is 3.40. The van der Waals surface area contributed by atoms with E-state index >= 15 is 0 Å². The maximum atomic E-state index is 12.8. The van der Waals surface area contributed by atoms with Crippen molar-refractivity contribution in [2.24, 2.45) is 0 Å². The molecule has 0 bridgehead atoms. The number of carbonyl (C=O) groups is 1. The van der Waals surface area contributed by atoms with Gasteiger partial charge < -0.3 is 9.84 Å². The zero-order valence-corrected chi connectivity index (χ0v) is 16.9. The molecule has 0 atom stereocenters. The summed E-state index contributed by atoms with van der Waals surface area (Å²) in [6.07, 6.45) is -4.53. The number of rotatable bonds is 5. The molecule has 0 aliphatic carbocycles. The fraction of sp³-hybridized carbons (Fsp3) is 0.118. The highest BCUT2D eigenvalue weighted by Crippen LogP contribution is 2.34. The highest BCUT2D eigenvalue weighted by molar-refractivity contribution is 9.10. The molecule has 0 unspecified atom stereocenters. The molecule has 3 rings (SSSR count). The van der Waals surface area contributed by atoms with Gasteiger partial charge in [-0.05, 0) is 47.6 Å². The van der Waals surface area contributed by atoms with Crippen LogP contribution in [0.25, 0.3) is 11.5 Å². The van der Waals surface area contributed by atoms with Crippen LogP contribution in [0, 0.1) is 0 Å². The predicted octanol–water partition coefficient (Wildman–Crippen LogP) is 5.90. The summed E-state index contributed by atoms with van der Waals surface area (Å²) in [5.74, 6) is -0.399. The van der Waals surface area contributed by atoms with E-state index < -0.39 is 17.6 Å². The van der Waals surface area contributed by atoms with Crippen molar-refractivity contribution in [1.82, 2.24) is 10.1 Å². The average molecular weight is 493 g/mol. The van der Waals surface area contributed by atoms with Crippen LogP contribution >= 0.6 is 39.3 Å². The fourth-order valence-corrected chi connectivity index (χ4v) is 3.09. The Balaban J connectivity index is 1.61. The number of alkyl halides is 3. The molecule has 0 saturated heterocycles. The Labute approximate surface area is 174 Å². The molecular weight excluding hydrogens is 483 g/mol. The molecule has 0 aliphatic rings. The van der Waals surface area contributed by atoms with Crippen LogP contribution < -0.4 is 5.32 Å². The number of nitrogens with zero attached hydrogens (tertiary/aromatic N) is 2. The van der Waals surface area contributed by atoms with Crippen LogP contribution in [0.15, 0.2) is 56.6 Å². The summed E-state index contributed by atoms with van der Waals surface area (Å²) >= 11 is 10.2. The number of hydrogen-bond acceptors (Lipinski definition) is 5. The minimum absolute atomic E-state index is 0.00318. The molecule has 0 fully saturated rings. The first-order chi connectivity index (χ1) is 13.2. The number of nitrogens with one attached hydrogen (secondary N) is 1. The van der Waals surface area contributed by atoms with E-state index in [2.05, 4.69) is 31.4 Å². The smallest absolute Gasteiger partial charge is 0.333 e. The first kappa shape index (κ1) is 20.7. The van der Waals surface area contributed by atoms with E-state index in [0.29, 0.717) is 5.56 Å². The van der Waals surface area contributed by atoms with Gasteiger partial charge in [-0.3, -0.25) is 4.79 Å². The molecule has 0 radical (unpaired) electrons. The van der Waals surface area contributed by atoms with Crippen molar-refractivity contribution in [2.75, 3.05) is 11.1 Å². The van der Waals surface area contributed by atoms with Crippen LogP contribution in [-0.4, -0.2) is 21.8 Å². The van der Waals surface area contributed by atoms with Gasteiger partial charge in [0.15, 0.2) is 0 Å². The van der Waals surface area contributed by atoms with Crippen molar-refractivity contribution in [3.8, 4) is 11.5 Å². The van der Waals surface area contributed by atoms with Crippen molar-refractivity contribution in [3.63, 3.8) is 0 Å². The second kappa shape index (κ2) is 8.54. The molecule has 1 amide bonds. The average Bonchev–Trinajstić information content (AvgIpc) is 3.10. The van der Waals surface area contributed by atoms with Gasteiger partial charge >= 0.3 is 6.18 Å². The number of halogens is 5. The van der Waals surface area contributed by atoms with Crippen LogP contribution in [0.4, 0.5) is 18.9 Å². The lowest BCUT2D eigenvalue weighted by atomic mass is 10.2. The number of benzene rings is 2. The van der Waals surface area contributed by atoms with E-state index in [9.17, 15) is 18.0 Å². The third kappa shape index (κ3) is 5.27. The SMILES string of the molecule is O=C(CSc1noc(-c2ccc(Br)cc2)n1)Nc1cc(C(F)(F)F)ccc1Cl. The lowest BCUT2D eigenvalue weighted by molar-refractivity contribution is -0.137. The Morgan fingerprint density at radius 3 is 2.61 bits per heavy atom. The summed E-state index contributed by atoms with van der Waals surface area (Å²) in [6, 6.07) is 9.91. The van der Waals surface area contributed by atoms with Crippen molar-refractivity contribution in [1.29, 1.82) is 0 Å². The summed E-state index contributed by atoms with van der Waals surface area (Å²) in [5, 5.41) is 6.35. The second-order valence-corrected chi connectivity index (χ2v) is 7.68. The minimum Gasteiger partial charge on any atom is -0.333 e. The lowest BCUT2D eigenvalue weighted by Gasteiger charge is -2.11. The molecule has 1 aromatic heterocycles. The van der Waals surface area contributed by atoms with Gasteiger partial charge in [-0.15, -0.1) is 0 Å². The third-order valence-corrected chi connectivity index (χ3v) is 5.09. The zero-order chi connectivity index (χ0) is 20.3. The molecule has 2 aromatic carbocycles. The zero-order valence-electron chi connectivity index (χ0n) is 13.8. The highest BCUT2D eigenvalue weighted by Gasteiger charge is 2.31.